The molecule has 4 aliphatic rings. The molecule has 0 aromatic rings. The van der Waals surface area contributed by atoms with E-state index in [9.17, 15) is 50.1 Å². The summed E-state index contributed by atoms with van der Waals surface area (Å²) < 4.78 is 45.2. The Labute approximate surface area is 227 Å². The zero-order chi connectivity index (χ0) is 29.7. The third-order valence-electron chi connectivity index (χ3n) is 7.65. The average Bonchev–Trinajstić information content (AvgIpc) is 3.30. The first-order valence-electron chi connectivity index (χ1n) is 12.6. The summed E-state index contributed by atoms with van der Waals surface area (Å²) in [5.74, 6) is -2.58. The maximum absolute atomic E-state index is 11.7. The van der Waals surface area contributed by atoms with E-state index in [0.717, 1.165) is 0 Å². The van der Waals surface area contributed by atoms with Crippen molar-refractivity contribution < 1.29 is 78.3 Å². The standard InChI is InChI=1S/C20H38N3O16P/c1-23-7-2-5(21)14(39-40(31,32)33)15(9(7)26)35-19-17-16(10(27)8(4-25)34-19)37-20(38-17)18(30)12(29)11(28)13(36-20)6(22)3-24/h5-19,23-30H,2-4,21-22H2,1H3,(H2,31,32,33)/t5-,6?,7+,8-,9-,10+,11-,12+,13-,14+,15+,16+,17+,18-,19+,20-/m1/s1. The van der Waals surface area contributed by atoms with Gasteiger partial charge in [-0.05, 0) is 13.5 Å². The van der Waals surface area contributed by atoms with Crippen LogP contribution in [-0.4, -0.2) is 163 Å². The zero-order valence-electron chi connectivity index (χ0n) is 21.3. The number of aliphatic hydroxyl groups is 7. The van der Waals surface area contributed by atoms with Crippen LogP contribution in [0.15, 0.2) is 0 Å². The Hall–Kier alpha value is -0.490. The number of hydrogen-bond acceptors (Lipinski definition) is 17. The predicted molar refractivity (Wildman–Crippen MR) is 125 cm³/mol. The first kappa shape index (κ1) is 32.4. The van der Waals surface area contributed by atoms with Crippen molar-refractivity contribution in [2.75, 3.05) is 20.3 Å². The molecule has 234 valence electrons. The molecule has 1 aliphatic carbocycles. The van der Waals surface area contributed by atoms with Gasteiger partial charge in [0.25, 0.3) is 0 Å². The minimum absolute atomic E-state index is 0.0349. The van der Waals surface area contributed by atoms with Crippen molar-refractivity contribution in [1.29, 1.82) is 0 Å². The lowest BCUT2D eigenvalue weighted by Gasteiger charge is -2.47. The zero-order valence-corrected chi connectivity index (χ0v) is 22.2. The molecular formula is C20H38N3O16P. The lowest BCUT2D eigenvalue weighted by molar-refractivity contribution is -0.439. The van der Waals surface area contributed by atoms with Crippen LogP contribution in [0, 0.1) is 0 Å². The van der Waals surface area contributed by atoms with Crippen molar-refractivity contribution in [3.05, 3.63) is 0 Å². The van der Waals surface area contributed by atoms with Gasteiger partial charge in [0.15, 0.2) is 12.4 Å². The van der Waals surface area contributed by atoms with Gasteiger partial charge in [-0.3, -0.25) is 4.52 Å². The molecule has 3 heterocycles. The lowest BCUT2D eigenvalue weighted by atomic mass is 9.84. The number of nitrogens with one attached hydrogen (secondary N) is 1. The van der Waals surface area contributed by atoms with Crippen molar-refractivity contribution in [2.24, 2.45) is 11.5 Å². The van der Waals surface area contributed by atoms with E-state index >= 15 is 0 Å². The molecule has 40 heavy (non-hydrogen) atoms. The largest absolute Gasteiger partial charge is 0.469 e. The van der Waals surface area contributed by atoms with E-state index in [0.29, 0.717) is 0 Å². The molecule has 0 aromatic heterocycles. The number of fused-ring (bicyclic) bond motifs is 1. The molecule has 3 saturated heterocycles. The topological polar surface area (TPSA) is 319 Å². The summed E-state index contributed by atoms with van der Waals surface area (Å²) in [5.41, 5.74) is 11.9. The van der Waals surface area contributed by atoms with Crippen LogP contribution in [0.25, 0.3) is 0 Å². The van der Waals surface area contributed by atoms with Crippen LogP contribution in [0.5, 0.6) is 0 Å². The Morgan fingerprint density at radius 1 is 1.00 bits per heavy atom. The maximum atomic E-state index is 11.7. The summed E-state index contributed by atoms with van der Waals surface area (Å²) in [5, 5.41) is 75.5. The Morgan fingerprint density at radius 3 is 2.23 bits per heavy atom. The van der Waals surface area contributed by atoms with Gasteiger partial charge < -0.3 is 86.0 Å². The highest BCUT2D eigenvalue weighted by molar-refractivity contribution is 7.46. The number of hydrogen-bond donors (Lipinski definition) is 12. The second kappa shape index (κ2) is 12.2. The predicted octanol–water partition coefficient (Wildman–Crippen LogP) is -7.15. The Morgan fingerprint density at radius 2 is 1.65 bits per heavy atom. The van der Waals surface area contributed by atoms with E-state index in [-0.39, 0.29) is 6.42 Å². The number of likely N-dealkylation sites (N-methyl/N-ethyl adjacent to an activating group) is 1. The minimum atomic E-state index is -5.14. The van der Waals surface area contributed by atoms with Crippen LogP contribution < -0.4 is 16.8 Å². The molecule has 20 heteroatoms. The fourth-order valence-corrected chi connectivity index (χ4v) is 6.10. The number of phosphoric acid groups is 1. The monoisotopic (exact) mass is 607 g/mol. The highest BCUT2D eigenvalue weighted by atomic mass is 31.2. The molecule has 1 unspecified atom stereocenters. The quantitative estimate of drug-likeness (QED) is 0.114. The second-order valence-corrected chi connectivity index (χ2v) is 11.5. The van der Waals surface area contributed by atoms with E-state index in [1.165, 1.54) is 7.05 Å². The van der Waals surface area contributed by atoms with Gasteiger partial charge in [0.2, 0.25) is 0 Å². The highest BCUT2D eigenvalue weighted by Gasteiger charge is 2.67. The van der Waals surface area contributed by atoms with Crippen LogP contribution in [0.4, 0.5) is 0 Å². The van der Waals surface area contributed by atoms with Gasteiger partial charge in [-0.25, -0.2) is 4.57 Å². The van der Waals surface area contributed by atoms with E-state index in [2.05, 4.69) is 5.32 Å². The number of aliphatic hydroxyl groups excluding tert-OH is 7. The first-order valence-corrected chi connectivity index (χ1v) is 14.1. The van der Waals surface area contributed by atoms with Crippen molar-refractivity contribution in [2.45, 2.75) is 104 Å². The summed E-state index contributed by atoms with van der Waals surface area (Å²) in [6, 6.07) is -3.04. The van der Waals surface area contributed by atoms with Gasteiger partial charge in [-0.15, -0.1) is 0 Å². The number of ether oxygens (including phenoxy) is 5. The van der Waals surface area contributed by atoms with Crippen LogP contribution in [0.2, 0.25) is 0 Å². The summed E-state index contributed by atoms with van der Waals surface area (Å²) in [4.78, 5) is 18.9. The molecule has 16 atom stereocenters. The van der Waals surface area contributed by atoms with E-state index in [1.54, 1.807) is 0 Å². The third-order valence-corrected chi connectivity index (χ3v) is 8.16. The summed E-state index contributed by atoms with van der Waals surface area (Å²) in [6.45, 7) is -1.48. The molecule has 1 saturated carbocycles. The van der Waals surface area contributed by atoms with Gasteiger partial charge in [0, 0.05) is 12.1 Å². The van der Waals surface area contributed by atoms with Crippen LogP contribution in [-0.2, 0) is 32.8 Å². The van der Waals surface area contributed by atoms with E-state index in [1.807, 2.05) is 0 Å². The molecule has 0 radical (unpaired) electrons. The molecule has 4 fully saturated rings. The Kier molecular flexibility index (Phi) is 9.93. The number of phosphoric ester groups is 1. The maximum Gasteiger partial charge on any atom is 0.469 e. The SMILES string of the molecule is CN[C@H]1C[C@@H](N)[C@H](OP(=O)(O)O)[C@@H](O[C@@H]2O[C@H](CO)[C@H](O)[C@@H]3O[C@]4(O[C@H]23)O[C@H](C(N)CO)[C@H](O)[C@H](O)[C@H]4O)[C@@H]1O. The van der Waals surface area contributed by atoms with Crippen molar-refractivity contribution >= 4 is 7.82 Å². The molecule has 0 amide bonds. The molecule has 0 aromatic carbocycles. The fourth-order valence-electron chi connectivity index (χ4n) is 5.51. The van der Waals surface area contributed by atoms with Gasteiger partial charge in [-0.1, -0.05) is 0 Å². The normalized spacial score (nSPS) is 50.6. The number of rotatable bonds is 8. The van der Waals surface area contributed by atoms with Gasteiger partial charge >= 0.3 is 13.8 Å². The number of nitrogens with two attached hydrogens (primary N) is 2. The second-order valence-electron chi connectivity index (χ2n) is 10.3. The molecule has 0 bridgehead atoms. The summed E-state index contributed by atoms with van der Waals surface area (Å²) >= 11 is 0. The lowest BCUT2D eigenvalue weighted by Crippen LogP contribution is -2.69. The van der Waals surface area contributed by atoms with Gasteiger partial charge in [0.05, 0.1) is 25.4 Å². The molecule has 19 nitrogen and oxygen atoms in total. The summed E-state index contributed by atoms with van der Waals surface area (Å²) in [7, 11) is -3.63. The Bertz CT molecular complexity index is 919. The van der Waals surface area contributed by atoms with E-state index < -0.39 is 119 Å². The van der Waals surface area contributed by atoms with Crippen molar-refractivity contribution in [3.8, 4) is 0 Å². The van der Waals surface area contributed by atoms with Gasteiger partial charge in [-0.2, -0.15) is 0 Å². The third kappa shape index (κ3) is 5.97. The van der Waals surface area contributed by atoms with Crippen LogP contribution in [0.1, 0.15) is 6.42 Å². The van der Waals surface area contributed by atoms with Crippen LogP contribution >= 0.6 is 7.82 Å². The van der Waals surface area contributed by atoms with Crippen molar-refractivity contribution in [3.63, 3.8) is 0 Å². The summed E-state index contributed by atoms with van der Waals surface area (Å²) in [6.07, 6.45) is -19.7. The Balaban J connectivity index is 1.66. The molecule has 1 spiro atoms. The smallest absolute Gasteiger partial charge is 0.395 e. The fraction of sp³-hybridized carbons (Fsp3) is 1.00. The highest BCUT2D eigenvalue weighted by Crippen LogP contribution is 2.46. The molecule has 3 aliphatic heterocycles. The van der Waals surface area contributed by atoms with Crippen molar-refractivity contribution in [1.82, 2.24) is 5.32 Å². The van der Waals surface area contributed by atoms with Crippen LogP contribution in [0.3, 0.4) is 0 Å². The van der Waals surface area contributed by atoms with Gasteiger partial charge in [0.1, 0.15) is 54.9 Å². The van der Waals surface area contributed by atoms with E-state index in [4.69, 9.17) is 39.7 Å². The molecule has 4 rings (SSSR count). The molecular weight excluding hydrogens is 569 g/mol. The average molecular weight is 608 g/mol. The minimum Gasteiger partial charge on any atom is -0.395 e. The first-order chi connectivity index (χ1) is 18.7. The molecule has 14 N–H and O–H groups in total.